The lowest BCUT2D eigenvalue weighted by Gasteiger charge is -2.33. The number of nitrogens with two attached hydrogens (primary N) is 1. The first-order chi connectivity index (χ1) is 7.84. The Balaban J connectivity index is 1.49. The Morgan fingerprint density at radius 2 is 2.00 bits per heavy atom. The fraction of sp³-hybridized carbons (Fsp3) is 0.538. The first-order valence-electron chi connectivity index (χ1n) is 6.01. The van der Waals surface area contributed by atoms with Crippen LogP contribution in [0.2, 0.25) is 0 Å². The lowest BCUT2D eigenvalue weighted by atomic mass is 9.88. The first-order valence-corrected chi connectivity index (χ1v) is 6.01. The van der Waals surface area contributed by atoms with Gasteiger partial charge in [0.15, 0.2) is 0 Å². The van der Waals surface area contributed by atoms with Gasteiger partial charge >= 0.3 is 0 Å². The minimum atomic E-state index is 0.429. The molecular formula is C13H20N2O. The molecule has 16 heavy (non-hydrogen) atoms. The summed E-state index contributed by atoms with van der Waals surface area (Å²) in [6.07, 6.45) is 3.29. The minimum absolute atomic E-state index is 0.429. The second-order valence-corrected chi connectivity index (χ2v) is 4.40. The van der Waals surface area contributed by atoms with Gasteiger partial charge in [0.1, 0.15) is 5.75 Å². The van der Waals surface area contributed by atoms with Crippen LogP contribution < -0.4 is 15.8 Å². The van der Waals surface area contributed by atoms with Gasteiger partial charge in [0.2, 0.25) is 0 Å². The average molecular weight is 220 g/mol. The second kappa shape index (κ2) is 5.87. The smallest absolute Gasteiger partial charge is 0.119 e. The standard InChI is InChI=1S/C13H20N2O/c14-11-9-12(10-11)15-7-4-8-16-13-5-2-1-3-6-13/h1-3,5-6,11-12,15H,4,7-10,14H2. The van der Waals surface area contributed by atoms with Crippen molar-refractivity contribution >= 4 is 0 Å². The summed E-state index contributed by atoms with van der Waals surface area (Å²) in [6, 6.07) is 11.0. The van der Waals surface area contributed by atoms with Gasteiger partial charge in [-0.1, -0.05) is 18.2 Å². The van der Waals surface area contributed by atoms with E-state index in [1.807, 2.05) is 30.3 Å². The van der Waals surface area contributed by atoms with Crippen LogP contribution in [-0.4, -0.2) is 25.2 Å². The van der Waals surface area contributed by atoms with Gasteiger partial charge in [0.25, 0.3) is 0 Å². The number of para-hydroxylation sites is 1. The fourth-order valence-electron chi connectivity index (χ4n) is 1.91. The number of ether oxygens (including phenoxy) is 1. The summed E-state index contributed by atoms with van der Waals surface area (Å²) in [4.78, 5) is 0. The largest absolute Gasteiger partial charge is 0.494 e. The Labute approximate surface area is 97.0 Å². The van der Waals surface area contributed by atoms with Crippen LogP contribution in [0.25, 0.3) is 0 Å². The van der Waals surface area contributed by atoms with Gasteiger partial charge in [-0.2, -0.15) is 0 Å². The molecule has 2 rings (SSSR count). The van der Waals surface area contributed by atoms with Crippen molar-refractivity contribution in [3.8, 4) is 5.75 Å². The van der Waals surface area contributed by atoms with Crippen molar-refractivity contribution in [2.75, 3.05) is 13.2 Å². The molecule has 0 radical (unpaired) electrons. The van der Waals surface area contributed by atoms with Crippen molar-refractivity contribution in [1.82, 2.24) is 5.32 Å². The molecule has 0 spiro atoms. The number of nitrogens with one attached hydrogen (secondary N) is 1. The molecule has 3 N–H and O–H groups in total. The van der Waals surface area contributed by atoms with Crippen LogP contribution in [0.1, 0.15) is 19.3 Å². The molecule has 0 amide bonds. The zero-order chi connectivity index (χ0) is 11.2. The SMILES string of the molecule is NC1CC(NCCCOc2ccccc2)C1. The molecule has 1 aromatic rings. The van der Waals surface area contributed by atoms with Crippen molar-refractivity contribution in [2.24, 2.45) is 5.73 Å². The maximum atomic E-state index is 5.71. The number of benzene rings is 1. The molecule has 0 atom stereocenters. The highest BCUT2D eigenvalue weighted by molar-refractivity contribution is 5.20. The molecule has 1 aromatic carbocycles. The fourth-order valence-corrected chi connectivity index (χ4v) is 1.91. The molecule has 1 saturated carbocycles. The molecule has 1 fully saturated rings. The zero-order valence-electron chi connectivity index (χ0n) is 9.56. The Hall–Kier alpha value is -1.06. The van der Waals surface area contributed by atoms with E-state index in [4.69, 9.17) is 10.5 Å². The number of hydrogen-bond donors (Lipinski definition) is 2. The summed E-state index contributed by atoms with van der Waals surface area (Å²) < 4.78 is 5.60. The second-order valence-electron chi connectivity index (χ2n) is 4.40. The Kier molecular flexibility index (Phi) is 4.19. The van der Waals surface area contributed by atoms with E-state index < -0.39 is 0 Å². The van der Waals surface area contributed by atoms with Crippen LogP contribution in [-0.2, 0) is 0 Å². The number of rotatable bonds is 6. The van der Waals surface area contributed by atoms with Crippen LogP contribution in [0.15, 0.2) is 30.3 Å². The van der Waals surface area contributed by atoms with Crippen LogP contribution in [0, 0.1) is 0 Å². The molecule has 0 aliphatic heterocycles. The van der Waals surface area contributed by atoms with E-state index in [0.29, 0.717) is 12.1 Å². The van der Waals surface area contributed by atoms with E-state index in [-0.39, 0.29) is 0 Å². The quantitative estimate of drug-likeness (QED) is 0.715. The highest BCUT2D eigenvalue weighted by Crippen LogP contribution is 2.17. The molecule has 0 saturated heterocycles. The summed E-state index contributed by atoms with van der Waals surface area (Å²) in [5.74, 6) is 0.952. The van der Waals surface area contributed by atoms with Crippen LogP contribution >= 0.6 is 0 Å². The van der Waals surface area contributed by atoms with E-state index in [2.05, 4.69) is 5.32 Å². The molecule has 88 valence electrons. The molecule has 0 heterocycles. The van der Waals surface area contributed by atoms with E-state index >= 15 is 0 Å². The lowest BCUT2D eigenvalue weighted by molar-refractivity contribution is 0.269. The molecule has 0 aromatic heterocycles. The van der Waals surface area contributed by atoms with Gasteiger partial charge in [0.05, 0.1) is 6.61 Å². The third-order valence-corrected chi connectivity index (χ3v) is 2.94. The van der Waals surface area contributed by atoms with Crippen LogP contribution in [0.3, 0.4) is 0 Å². The van der Waals surface area contributed by atoms with Crippen molar-refractivity contribution in [3.05, 3.63) is 30.3 Å². The molecule has 3 heteroatoms. The minimum Gasteiger partial charge on any atom is -0.494 e. The normalized spacial score (nSPS) is 23.8. The maximum Gasteiger partial charge on any atom is 0.119 e. The van der Waals surface area contributed by atoms with Crippen molar-refractivity contribution in [2.45, 2.75) is 31.3 Å². The summed E-state index contributed by atoms with van der Waals surface area (Å²) in [5, 5.41) is 3.48. The van der Waals surface area contributed by atoms with Crippen molar-refractivity contribution in [1.29, 1.82) is 0 Å². The molecule has 0 unspecified atom stereocenters. The van der Waals surface area contributed by atoms with E-state index in [1.54, 1.807) is 0 Å². The predicted molar refractivity (Wildman–Crippen MR) is 65.6 cm³/mol. The van der Waals surface area contributed by atoms with Gasteiger partial charge in [0, 0.05) is 12.1 Å². The average Bonchev–Trinajstić information content (AvgIpc) is 2.27. The summed E-state index contributed by atoms with van der Waals surface area (Å²) in [6.45, 7) is 1.79. The van der Waals surface area contributed by atoms with Crippen molar-refractivity contribution < 1.29 is 4.74 Å². The van der Waals surface area contributed by atoms with Gasteiger partial charge in [-0.15, -0.1) is 0 Å². The van der Waals surface area contributed by atoms with Crippen molar-refractivity contribution in [3.63, 3.8) is 0 Å². The Morgan fingerprint density at radius 1 is 1.25 bits per heavy atom. The van der Waals surface area contributed by atoms with Gasteiger partial charge in [-0.05, 0) is 37.9 Å². The third kappa shape index (κ3) is 3.51. The van der Waals surface area contributed by atoms with Gasteiger partial charge in [-0.3, -0.25) is 0 Å². The highest BCUT2D eigenvalue weighted by atomic mass is 16.5. The summed E-state index contributed by atoms with van der Waals surface area (Å²) in [7, 11) is 0. The molecule has 3 nitrogen and oxygen atoms in total. The molecule has 0 bridgehead atoms. The van der Waals surface area contributed by atoms with E-state index in [9.17, 15) is 0 Å². The predicted octanol–water partition coefficient (Wildman–Crippen LogP) is 1.53. The monoisotopic (exact) mass is 220 g/mol. The van der Waals surface area contributed by atoms with E-state index in [0.717, 1.165) is 38.2 Å². The Morgan fingerprint density at radius 3 is 2.69 bits per heavy atom. The number of hydrogen-bond acceptors (Lipinski definition) is 3. The molecular weight excluding hydrogens is 200 g/mol. The molecule has 1 aliphatic carbocycles. The van der Waals surface area contributed by atoms with Crippen LogP contribution in [0.5, 0.6) is 5.75 Å². The Bertz CT molecular complexity index is 296. The van der Waals surface area contributed by atoms with E-state index in [1.165, 1.54) is 0 Å². The zero-order valence-corrected chi connectivity index (χ0v) is 9.56. The summed E-state index contributed by atoms with van der Waals surface area (Å²) >= 11 is 0. The van der Waals surface area contributed by atoms with Gasteiger partial charge in [-0.25, -0.2) is 0 Å². The first kappa shape index (κ1) is 11.4. The maximum absolute atomic E-state index is 5.71. The van der Waals surface area contributed by atoms with Gasteiger partial charge < -0.3 is 15.8 Å². The third-order valence-electron chi connectivity index (χ3n) is 2.94. The summed E-state index contributed by atoms with van der Waals surface area (Å²) in [5.41, 5.74) is 5.71. The highest BCUT2D eigenvalue weighted by Gasteiger charge is 2.24. The topological polar surface area (TPSA) is 47.3 Å². The van der Waals surface area contributed by atoms with Crippen LogP contribution in [0.4, 0.5) is 0 Å². The lowest BCUT2D eigenvalue weighted by Crippen LogP contribution is -2.48. The molecule has 1 aliphatic rings.